The fourth-order valence-corrected chi connectivity index (χ4v) is 2.53. The Morgan fingerprint density at radius 2 is 1.55 bits per heavy atom. The Balaban J connectivity index is 2.42. The van der Waals surface area contributed by atoms with Crippen LogP contribution >= 0.6 is 0 Å². The van der Waals surface area contributed by atoms with Crippen molar-refractivity contribution >= 4 is 36.7 Å². The Morgan fingerprint density at radius 3 is 2.15 bits per heavy atom. The van der Waals surface area contributed by atoms with Gasteiger partial charge in [0.2, 0.25) is 0 Å². The van der Waals surface area contributed by atoms with Crippen LogP contribution in [0.3, 0.4) is 0 Å². The second kappa shape index (κ2) is 5.02. The van der Waals surface area contributed by atoms with E-state index in [-0.39, 0.29) is 4.90 Å². The van der Waals surface area contributed by atoms with Crippen molar-refractivity contribution in [3.05, 3.63) is 36.4 Å². The van der Waals surface area contributed by atoms with E-state index in [1.807, 2.05) is 0 Å². The third-order valence-corrected chi connectivity index (χ3v) is 3.93. The lowest BCUT2D eigenvalue weighted by molar-refractivity contribution is 0.482. The number of hydrogen-bond acceptors (Lipinski definition) is 5. The molecule has 0 radical (unpaired) electrons. The summed E-state index contributed by atoms with van der Waals surface area (Å²) < 4.78 is 61.0. The molecule has 2 rings (SSSR count). The summed E-state index contributed by atoms with van der Waals surface area (Å²) in [4.78, 5) is -0.253. The van der Waals surface area contributed by atoms with Gasteiger partial charge in [0.1, 0.15) is 5.88 Å². The first-order valence-corrected chi connectivity index (χ1v) is 8.40. The minimum absolute atomic E-state index is 0.253. The Hall–Kier alpha value is -1.68. The molecule has 0 bridgehead atoms. The van der Waals surface area contributed by atoms with Crippen LogP contribution in [-0.2, 0) is 20.2 Å². The van der Waals surface area contributed by atoms with Crippen LogP contribution in [0.2, 0.25) is 0 Å². The lowest BCUT2D eigenvalue weighted by atomic mass is 10.1. The van der Waals surface area contributed by atoms with Gasteiger partial charge in [0.25, 0.3) is 20.2 Å². The summed E-state index contributed by atoms with van der Waals surface area (Å²) in [7, 11) is -8.45. The van der Waals surface area contributed by atoms with E-state index in [1.54, 1.807) is 12.1 Å². The van der Waals surface area contributed by atoms with Crippen molar-refractivity contribution in [2.24, 2.45) is 0 Å². The Labute approximate surface area is 115 Å². The minimum atomic E-state index is -4.30. The van der Waals surface area contributed by atoms with E-state index in [4.69, 9.17) is 9.11 Å². The maximum Gasteiger partial charge on any atom is 0.294 e. The predicted molar refractivity (Wildman–Crippen MR) is 73.8 cm³/mol. The SMILES string of the molecule is O=S(=O)(O)CNc1ccc2ccc(S(=O)(=O)O)cc2c1. The van der Waals surface area contributed by atoms with Crippen molar-refractivity contribution in [3.63, 3.8) is 0 Å². The quantitative estimate of drug-likeness (QED) is 0.728. The van der Waals surface area contributed by atoms with Gasteiger partial charge in [-0.1, -0.05) is 12.1 Å². The first kappa shape index (κ1) is 14.7. The van der Waals surface area contributed by atoms with Gasteiger partial charge in [-0.15, -0.1) is 0 Å². The van der Waals surface area contributed by atoms with Crippen LogP contribution in [0.25, 0.3) is 10.8 Å². The van der Waals surface area contributed by atoms with E-state index in [0.29, 0.717) is 11.1 Å². The van der Waals surface area contributed by atoms with Crippen LogP contribution in [0, 0.1) is 0 Å². The van der Waals surface area contributed by atoms with Gasteiger partial charge < -0.3 is 5.32 Å². The number of rotatable bonds is 4. The molecule has 0 atom stereocenters. The summed E-state index contributed by atoms with van der Waals surface area (Å²) in [6, 6.07) is 8.79. The molecule has 0 heterocycles. The maximum atomic E-state index is 11.0. The van der Waals surface area contributed by atoms with Crippen LogP contribution < -0.4 is 5.32 Å². The molecule has 3 N–H and O–H groups in total. The lowest BCUT2D eigenvalue weighted by Gasteiger charge is -2.06. The summed E-state index contributed by atoms with van der Waals surface area (Å²) in [5, 5.41) is 3.70. The third kappa shape index (κ3) is 3.67. The first-order chi connectivity index (χ1) is 9.15. The minimum Gasteiger partial charge on any atom is -0.370 e. The number of anilines is 1. The van der Waals surface area contributed by atoms with E-state index < -0.39 is 26.1 Å². The van der Waals surface area contributed by atoms with Crippen LogP contribution in [0.5, 0.6) is 0 Å². The van der Waals surface area contributed by atoms with Crippen LogP contribution in [0.15, 0.2) is 41.3 Å². The summed E-state index contributed by atoms with van der Waals surface area (Å²) in [5.41, 5.74) is 0.391. The van der Waals surface area contributed by atoms with E-state index in [0.717, 1.165) is 5.39 Å². The molecule has 2 aromatic carbocycles. The lowest BCUT2D eigenvalue weighted by Crippen LogP contribution is -2.12. The second-order valence-electron chi connectivity index (χ2n) is 4.10. The zero-order valence-corrected chi connectivity index (χ0v) is 11.6. The highest BCUT2D eigenvalue weighted by Crippen LogP contribution is 2.22. The van der Waals surface area contributed by atoms with Gasteiger partial charge >= 0.3 is 0 Å². The van der Waals surface area contributed by atoms with Gasteiger partial charge in [0.15, 0.2) is 0 Å². The molecule has 0 aliphatic rings. The summed E-state index contributed by atoms with van der Waals surface area (Å²) in [6.45, 7) is 0. The van der Waals surface area contributed by atoms with E-state index in [1.165, 1.54) is 24.3 Å². The number of fused-ring (bicyclic) bond motifs is 1. The van der Waals surface area contributed by atoms with Crippen LogP contribution in [-0.4, -0.2) is 31.8 Å². The molecule has 108 valence electrons. The largest absolute Gasteiger partial charge is 0.370 e. The Morgan fingerprint density at radius 1 is 0.900 bits per heavy atom. The van der Waals surface area contributed by atoms with Gasteiger partial charge in [-0.05, 0) is 35.0 Å². The Bertz CT molecular complexity index is 858. The topological polar surface area (TPSA) is 121 Å². The smallest absolute Gasteiger partial charge is 0.294 e. The normalized spacial score (nSPS) is 12.5. The van der Waals surface area contributed by atoms with Gasteiger partial charge in [-0.25, -0.2) is 0 Å². The fraction of sp³-hybridized carbons (Fsp3) is 0.0909. The fourth-order valence-electron chi connectivity index (χ4n) is 1.67. The predicted octanol–water partition coefficient (Wildman–Crippen LogP) is 1.34. The van der Waals surface area contributed by atoms with Crippen molar-refractivity contribution in [2.45, 2.75) is 4.90 Å². The molecule has 2 aromatic rings. The molecular weight excluding hydrogens is 306 g/mol. The number of benzene rings is 2. The van der Waals surface area contributed by atoms with Crippen molar-refractivity contribution in [1.82, 2.24) is 0 Å². The van der Waals surface area contributed by atoms with E-state index in [2.05, 4.69) is 5.32 Å². The maximum absolute atomic E-state index is 11.0. The average Bonchev–Trinajstić information content (AvgIpc) is 2.33. The molecule has 0 saturated heterocycles. The van der Waals surface area contributed by atoms with Crippen LogP contribution in [0.4, 0.5) is 5.69 Å². The standard InChI is InChI=1S/C11H11NO6S2/c13-19(14,15)7-12-10-3-1-8-2-4-11(20(16,17)18)6-9(8)5-10/h1-6,12H,7H2,(H,13,14,15)(H,16,17,18). The molecule has 7 nitrogen and oxygen atoms in total. The molecule has 0 unspecified atom stereocenters. The number of hydrogen-bond donors (Lipinski definition) is 3. The zero-order valence-electron chi connectivity index (χ0n) is 10.0. The molecule has 0 aromatic heterocycles. The van der Waals surface area contributed by atoms with Gasteiger partial charge in [-0.3, -0.25) is 9.11 Å². The Kier molecular flexibility index (Phi) is 3.69. The van der Waals surface area contributed by atoms with Gasteiger partial charge in [0, 0.05) is 5.69 Å². The molecule has 0 aliphatic heterocycles. The molecule has 20 heavy (non-hydrogen) atoms. The molecule has 9 heteroatoms. The van der Waals surface area contributed by atoms with Crippen molar-refractivity contribution in [2.75, 3.05) is 11.2 Å². The zero-order chi connectivity index (χ0) is 15.0. The van der Waals surface area contributed by atoms with E-state index >= 15 is 0 Å². The monoisotopic (exact) mass is 317 g/mol. The highest BCUT2D eigenvalue weighted by Gasteiger charge is 2.10. The summed E-state index contributed by atoms with van der Waals surface area (Å²) in [6.07, 6.45) is 0. The number of nitrogens with one attached hydrogen (secondary N) is 1. The molecule has 0 saturated carbocycles. The van der Waals surface area contributed by atoms with Gasteiger partial charge in [-0.2, -0.15) is 16.8 Å². The van der Waals surface area contributed by atoms with Crippen molar-refractivity contribution < 1.29 is 25.9 Å². The second-order valence-corrected chi connectivity index (χ2v) is 6.98. The third-order valence-electron chi connectivity index (χ3n) is 2.57. The molecular formula is C11H11NO6S2. The first-order valence-electron chi connectivity index (χ1n) is 5.35. The molecule has 0 spiro atoms. The highest BCUT2D eigenvalue weighted by molar-refractivity contribution is 7.86. The van der Waals surface area contributed by atoms with Crippen molar-refractivity contribution in [1.29, 1.82) is 0 Å². The van der Waals surface area contributed by atoms with Crippen molar-refractivity contribution in [3.8, 4) is 0 Å². The molecule has 0 fully saturated rings. The highest BCUT2D eigenvalue weighted by atomic mass is 32.2. The van der Waals surface area contributed by atoms with E-state index in [9.17, 15) is 16.8 Å². The average molecular weight is 317 g/mol. The summed E-state index contributed by atoms with van der Waals surface area (Å²) in [5.74, 6) is -0.656. The summed E-state index contributed by atoms with van der Waals surface area (Å²) >= 11 is 0. The molecule has 0 aliphatic carbocycles. The molecule has 0 amide bonds. The van der Waals surface area contributed by atoms with Gasteiger partial charge in [0.05, 0.1) is 4.90 Å². The van der Waals surface area contributed by atoms with Crippen LogP contribution in [0.1, 0.15) is 0 Å².